The molecule has 82 valence electrons. The van der Waals surface area contributed by atoms with Crippen LogP contribution in [0.2, 0.25) is 0 Å². The molecule has 1 saturated heterocycles. The van der Waals surface area contributed by atoms with Crippen LogP contribution in [0.15, 0.2) is 21.8 Å². The Balaban J connectivity index is 2.11. The summed E-state index contributed by atoms with van der Waals surface area (Å²) in [6, 6.07) is 0. The van der Waals surface area contributed by atoms with Gasteiger partial charge < -0.3 is 4.74 Å². The Kier molecular flexibility index (Phi) is 3.21. The van der Waals surface area contributed by atoms with Crippen LogP contribution < -0.4 is 5.56 Å². The fraction of sp³-hybridized carbons (Fsp3) is 0.600. The Morgan fingerprint density at radius 1 is 1.67 bits per heavy atom. The summed E-state index contributed by atoms with van der Waals surface area (Å²) in [4.78, 5) is 15.6. The molecule has 0 amide bonds. The first-order chi connectivity index (χ1) is 7.16. The van der Waals surface area contributed by atoms with E-state index in [2.05, 4.69) is 27.8 Å². The van der Waals surface area contributed by atoms with Gasteiger partial charge in [0.25, 0.3) is 5.56 Å². The monoisotopic (exact) mass is 272 g/mol. The average Bonchev–Trinajstić information content (AvgIpc) is 2.59. The molecule has 2 atom stereocenters. The summed E-state index contributed by atoms with van der Waals surface area (Å²) in [6.45, 7) is 2.65. The van der Waals surface area contributed by atoms with Gasteiger partial charge in [-0.2, -0.15) is 0 Å². The zero-order valence-electron chi connectivity index (χ0n) is 8.52. The molecule has 0 spiro atoms. The summed E-state index contributed by atoms with van der Waals surface area (Å²) >= 11 is 3.17. The molecule has 1 aliphatic rings. The molecule has 1 aromatic heterocycles. The molecule has 1 aliphatic heterocycles. The molecule has 0 N–H and O–H groups in total. The molecule has 0 radical (unpaired) electrons. The number of hydrogen-bond donors (Lipinski definition) is 0. The van der Waals surface area contributed by atoms with Gasteiger partial charge in [0.1, 0.15) is 4.47 Å². The predicted molar refractivity (Wildman–Crippen MR) is 59.8 cm³/mol. The Bertz CT molecular complexity index is 405. The lowest BCUT2D eigenvalue weighted by Crippen LogP contribution is -2.27. The zero-order chi connectivity index (χ0) is 10.8. The van der Waals surface area contributed by atoms with E-state index in [9.17, 15) is 4.79 Å². The molecule has 15 heavy (non-hydrogen) atoms. The molecule has 1 fully saturated rings. The van der Waals surface area contributed by atoms with Gasteiger partial charge in [-0.15, -0.1) is 0 Å². The molecule has 2 rings (SSSR count). The van der Waals surface area contributed by atoms with E-state index < -0.39 is 0 Å². The largest absolute Gasteiger partial charge is 0.373 e. The minimum Gasteiger partial charge on any atom is -0.373 e. The van der Waals surface area contributed by atoms with Crippen LogP contribution in [0.3, 0.4) is 0 Å². The van der Waals surface area contributed by atoms with E-state index in [-0.39, 0.29) is 11.7 Å². The first-order valence-corrected chi connectivity index (χ1v) is 5.81. The van der Waals surface area contributed by atoms with E-state index in [1.165, 1.54) is 6.20 Å². The third-order valence-electron chi connectivity index (χ3n) is 2.58. The van der Waals surface area contributed by atoms with Crippen LogP contribution in [0.5, 0.6) is 0 Å². The van der Waals surface area contributed by atoms with E-state index in [1.54, 1.807) is 10.9 Å². The quantitative estimate of drug-likeness (QED) is 0.821. The molecule has 1 aromatic rings. The standard InChI is InChI=1S/C10H13BrN2O2/c1-7-2-3-8(15-7)5-13-6-12-4-9(11)10(13)14/h4,6-8H,2-3,5H2,1H3. The molecule has 0 saturated carbocycles. The van der Waals surface area contributed by atoms with Crippen molar-refractivity contribution in [3.05, 3.63) is 27.4 Å². The van der Waals surface area contributed by atoms with Crippen molar-refractivity contribution in [3.8, 4) is 0 Å². The number of hydrogen-bond acceptors (Lipinski definition) is 3. The molecule has 5 heteroatoms. The second-order valence-electron chi connectivity index (χ2n) is 3.85. The van der Waals surface area contributed by atoms with Gasteiger partial charge in [-0.25, -0.2) is 4.98 Å². The van der Waals surface area contributed by atoms with Gasteiger partial charge in [0.05, 0.1) is 25.1 Å². The van der Waals surface area contributed by atoms with E-state index in [0.717, 1.165) is 12.8 Å². The highest BCUT2D eigenvalue weighted by Crippen LogP contribution is 2.19. The normalized spacial score (nSPS) is 25.7. The molecule has 0 aliphatic carbocycles. The van der Waals surface area contributed by atoms with Crippen molar-refractivity contribution in [2.45, 2.75) is 38.5 Å². The lowest BCUT2D eigenvalue weighted by Gasteiger charge is -2.12. The SMILES string of the molecule is CC1CCC(Cn2cncc(Br)c2=O)O1. The second-order valence-corrected chi connectivity index (χ2v) is 4.70. The summed E-state index contributed by atoms with van der Waals surface area (Å²) in [5, 5.41) is 0. The zero-order valence-corrected chi connectivity index (χ0v) is 10.1. The number of nitrogens with zero attached hydrogens (tertiary/aromatic N) is 2. The van der Waals surface area contributed by atoms with Gasteiger partial charge in [-0.3, -0.25) is 9.36 Å². The van der Waals surface area contributed by atoms with Crippen molar-refractivity contribution in [1.82, 2.24) is 9.55 Å². The Hall–Kier alpha value is -0.680. The van der Waals surface area contributed by atoms with Crippen LogP contribution in [0, 0.1) is 0 Å². The second kappa shape index (κ2) is 4.45. The summed E-state index contributed by atoms with van der Waals surface area (Å²) < 4.78 is 7.74. The fourth-order valence-electron chi connectivity index (χ4n) is 1.79. The smallest absolute Gasteiger partial charge is 0.267 e. The highest BCUT2D eigenvalue weighted by molar-refractivity contribution is 9.10. The van der Waals surface area contributed by atoms with Gasteiger partial charge in [0, 0.05) is 6.20 Å². The van der Waals surface area contributed by atoms with E-state index in [4.69, 9.17) is 4.74 Å². The maximum absolute atomic E-state index is 11.7. The molecule has 2 unspecified atom stereocenters. The first kappa shape index (κ1) is 10.8. The Morgan fingerprint density at radius 2 is 2.47 bits per heavy atom. The Labute approximate surface area is 96.4 Å². The number of rotatable bonds is 2. The number of aromatic nitrogens is 2. The van der Waals surface area contributed by atoms with E-state index >= 15 is 0 Å². The number of ether oxygens (including phenoxy) is 1. The van der Waals surface area contributed by atoms with Gasteiger partial charge in [0.15, 0.2) is 0 Å². The van der Waals surface area contributed by atoms with Crippen molar-refractivity contribution in [3.63, 3.8) is 0 Å². The predicted octanol–water partition coefficient (Wildman–Crippen LogP) is 1.57. The van der Waals surface area contributed by atoms with Crippen LogP contribution in [0.25, 0.3) is 0 Å². The highest BCUT2D eigenvalue weighted by Gasteiger charge is 2.22. The van der Waals surface area contributed by atoms with Crippen LogP contribution in [-0.4, -0.2) is 21.8 Å². The van der Waals surface area contributed by atoms with E-state index in [1.807, 2.05) is 0 Å². The van der Waals surface area contributed by atoms with Gasteiger partial charge in [0.2, 0.25) is 0 Å². The summed E-state index contributed by atoms with van der Waals surface area (Å²) in [6.07, 6.45) is 5.61. The minimum atomic E-state index is -0.0480. The maximum atomic E-state index is 11.7. The van der Waals surface area contributed by atoms with Gasteiger partial charge >= 0.3 is 0 Å². The van der Waals surface area contributed by atoms with Crippen molar-refractivity contribution in [1.29, 1.82) is 0 Å². The third-order valence-corrected chi connectivity index (χ3v) is 3.12. The third kappa shape index (κ3) is 2.46. The van der Waals surface area contributed by atoms with Crippen LogP contribution in [0.1, 0.15) is 19.8 Å². The highest BCUT2D eigenvalue weighted by atomic mass is 79.9. The summed E-state index contributed by atoms with van der Waals surface area (Å²) in [5.74, 6) is 0. The van der Waals surface area contributed by atoms with Gasteiger partial charge in [-0.1, -0.05) is 0 Å². The van der Waals surface area contributed by atoms with Crippen LogP contribution in [0.4, 0.5) is 0 Å². The topological polar surface area (TPSA) is 44.1 Å². The maximum Gasteiger partial charge on any atom is 0.267 e. The van der Waals surface area contributed by atoms with Crippen LogP contribution in [-0.2, 0) is 11.3 Å². The Morgan fingerprint density at radius 3 is 3.13 bits per heavy atom. The summed E-state index contributed by atoms with van der Waals surface area (Å²) in [7, 11) is 0. The van der Waals surface area contributed by atoms with Crippen molar-refractivity contribution < 1.29 is 4.74 Å². The molecule has 0 aromatic carbocycles. The van der Waals surface area contributed by atoms with Crippen molar-refractivity contribution in [2.24, 2.45) is 0 Å². The molecular formula is C10H13BrN2O2. The summed E-state index contributed by atoms with van der Waals surface area (Å²) in [5.41, 5.74) is -0.0480. The average molecular weight is 273 g/mol. The van der Waals surface area contributed by atoms with Crippen LogP contribution >= 0.6 is 15.9 Å². The van der Waals surface area contributed by atoms with Gasteiger partial charge in [-0.05, 0) is 35.7 Å². The minimum absolute atomic E-state index is 0.0480. The first-order valence-electron chi connectivity index (χ1n) is 5.02. The molecule has 2 heterocycles. The molecule has 4 nitrogen and oxygen atoms in total. The lowest BCUT2D eigenvalue weighted by molar-refractivity contribution is 0.0450. The fourth-order valence-corrected chi connectivity index (χ4v) is 2.14. The van der Waals surface area contributed by atoms with Crippen molar-refractivity contribution >= 4 is 15.9 Å². The molecular weight excluding hydrogens is 260 g/mol. The molecule has 0 bridgehead atoms. The van der Waals surface area contributed by atoms with Crippen molar-refractivity contribution in [2.75, 3.05) is 0 Å². The van der Waals surface area contributed by atoms with E-state index in [0.29, 0.717) is 17.1 Å². The number of halogens is 1. The lowest BCUT2D eigenvalue weighted by atomic mass is 10.2.